The minimum Gasteiger partial charge on any atom is -0.302 e. The molecule has 0 saturated heterocycles. The third kappa shape index (κ3) is 3.96. The number of halogens is 2. The monoisotopic (exact) mass is 477 g/mol. The summed E-state index contributed by atoms with van der Waals surface area (Å²) in [4.78, 5) is 37.6. The van der Waals surface area contributed by atoms with E-state index in [0.29, 0.717) is 34.3 Å². The minimum absolute atomic E-state index is 0.0454. The smallest absolute Gasteiger partial charge is 0.224 e. The second-order valence-electron chi connectivity index (χ2n) is 8.43. The molecule has 2 aliphatic rings. The third-order valence-electron chi connectivity index (χ3n) is 6.39. The molecule has 1 aromatic heterocycles. The van der Waals surface area contributed by atoms with Crippen molar-refractivity contribution in [1.82, 2.24) is 4.98 Å². The highest BCUT2D eigenvalue weighted by Gasteiger charge is 2.45. The van der Waals surface area contributed by atoms with Crippen molar-refractivity contribution in [3.05, 3.63) is 88.2 Å². The third-order valence-corrected chi connectivity index (χ3v) is 7.13. The Morgan fingerprint density at radius 2 is 1.82 bits per heavy atom. The topological polar surface area (TPSA) is 62.6 Å². The Bertz CT molecular complexity index is 1280. The molecule has 33 heavy (non-hydrogen) atoms. The Labute approximate surface area is 202 Å². The van der Waals surface area contributed by atoms with Gasteiger partial charge in [-0.15, -0.1) is 0 Å². The van der Waals surface area contributed by atoms with Crippen molar-refractivity contribution in [2.45, 2.75) is 31.7 Å². The molecule has 0 bridgehead atoms. The van der Waals surface area contributed by atoms with Crippen LogP contribution in [0, 0.1) is 5.92 Å². The Hall–Kier alpha value is -3.02. The number of carbonyl (C=O) groups is 2. The van der Waals surface area contributed by atoms with Gasteiger partial charge in [-0.05, 0) is 53.8 Å². The van der Waals surface area contributed by atoms with Crippen molar-refractivity contribution in [3.63, 3.8) is 0 Å². The van der Waals surface area contributed by atoms with E-state index in [2.05, 4.69) is 4.98 Å². The molecule has 3 unspecified atom stereocenters. The molecule has 1 amide bonds. The summed E-state index contributed by atoms with van der Waals surface area (Å²) in [6.45, 7) is 1.52. The van der Waals surface area contributed by atoms with Gasteiger partial charge in [0.2, 0.25) is 5.91 Å². The number of hydrogen-bond donors (Lipinski definition) is 0. The average Bonchev–Trinajstić information content (AvgIpc) is 2.96. The standard InChI is InChI=1S/C26H21Cl2N3O2/c1-15(32)31-23-7-3-2-6-21(23)30-22-12-18(16-8-9-19(27)20(28)11-16)13-24(33)25(22)26(31)17-5-4-10-29-14-17/h2-11,14,18,25-26H,12-13H2,1H3. The minimum atomic E-state index is -0.551. The fourth-order valence-corrected chi connectivity index (χ4v) is 5.26. The highest BCUT2D eigenvalue weighted by molar-refractivity contribution is 6.42. The molecule has 2 heterocycles. The zero-order valence-electron chi connectivity index (χ0n) is 17.9. The Morgan fingerprint density at radius 3 is 2.55 bits per heavy atom. The van der Waals surface area contributed by atoms with Gasteiger partial charge in [-0.2, -0.15) is 0 Å². The number of fused-ring (bicyclic) bond motifs is 2. The first-order chi connectivity index (χ1) is 15.9. The lowest BCUT2D eigenvalue weighted by atomic mass is 9.72. The average molecular weight is 478 g/mol. The number of Topliss-reactive ketones (excluding diaryl/α,β-unsaturated/α-hetero) is 1. The highest BCUT2D eigenvalue weighted by Crippen LogP contribution is 2.47. The van der Waals surface area contributed by atoms with Crippen molar-refractivity contribution in [2.75, 3.05) is 4.90 Å². The maximum atomic E-state index is 13.7. The Morgan fingerprint density at radius 1 is 1.00 bits per heavy atom. The van der Waals surface area contributed by atoms with Crippen LogP contribution in [0.5, 0.6) is 0 Å². The highest BCUT2D eigenvalue weighted by atomic mass is 35.5. The number of pyridine rings is 1. The van der Waals surface area contributed by atoms with E-state index < -0.39 is 12.0 Å². The summed E-state index contributed by atoms with van der Waals surface area (Å²) in [6.07, 6.45) is 4.33. The first-order valence-corrected chi connectivity index (χ1v) is 11.5. The molecule has 5 nitrogen and oxygen atoms in total. The number of nitrogens with zero attached hydrogens (tertiary/aromatic N) is 3. The largest absolute Gasteiger partial charge is 0.302 e. The van der Waals surface area contributed by atoms with Crippen LogP contribution in [0.15, 0.2) is 72.0 Å². The van der Waals surface area contributed by atoms with E-state index in [1.807, 2.05) is 48.5 Å². The van der Waals surface area contributed by atoms with Crippen LogP contribution in [0.3, 0.4) is 0 Å². The number of carbonyl (C=O) groups excluding carboxylic acids is 2. The van der Waals surface area contributed by atoms with Gasteiger partial charge >= 0.3 is 0 Å². The summed E-state index contributed by atoms with van der Waals surface area (Å²) in [6, 6.07) is 16.3. The van der Waals surface area contributed by atoms with Gasteiger partial charge in [0.05, 0.1) is 33.4 Å². The summed E-state index contributed by atoms with van der Waals surface area (Å²) in [5.74, 6) is -0.714. The molecular weight excluding hydrogens is 457 g/mol. The first-order valence-electron chi connectivity index (χ1n) is 10.8. The number of para-hydroxylation sites is 2. The first kappa shape index (κ1) is 21.8. The molecule has 7 heteroatoms. The number of aliphatic imine (C=N–C) groups is 1. The van der Waals surface area contributed by atoms with Crippen molar-refractivity contribution in [3.8, 4) is 0 Å². The van der Waals surface area contributed by atoms with Crippen LogP contribution in [0.4, 0.5) is 11.4 Å². The molecule has 0 N–H and O–H groups in total. The Kier molecular flexibility index (Phi) is 5.77. The fourth-order valence-electron chi connectivity index (χ4n) is 4.96. The SMILES string of the molecule is CC(=O)N1c2ccccc2N=C2CC(c3ccc(Cl)c(Cl)c3)CC(=O)C2C1c1cccnc1. The van der Waals surface area contributed by atoms with Gasteiger partial charge in [-0.3, -0.25) is 19.6 Å². The molecule has 0 spiro atoms. The van der Waals surface area contributed by atoms with Gasteiger partial charge in [0.25, 0.3) is 0 Å². The van der Waals surface area contributed by atoms with Crippen LogP contribution in [0.1, 0.15) is 42.9 Å². The predicted molar refractivity (Wildman–Crippen MR) is 131 cm³/mol. The van der Waals surface area contributed by atoms with Crippen LogP contribution < -0.4 is 4.90 Å². The molecular formula is C26H21Cl2N3O2. The molecule has 166 valence electrons. The molecule has 2 aromatic carbocycles. The van der Waals surface area contributed by atoms with Crippen LogP contribution in [-0.4, -0.2) is 22.4 Å². The number of hydrogen-bond acceptors (Lipinski definition) is 4. The fraction of sp³-hybridized carbons (Fsp3) is 0.231. The summed E-state index contributed by atoms with van der Waals surface area (Å²) >= 11 is 12.4. The van der Waals surface area contributed by atoms with Crippen molar-refractivity contribution >= 4 is 52.0 Å². The molecule has 1 saturated carbocycles. The second-order valence-corrected chi connectivity index (χ2v) is 9.25. The second kappa shape index (κ2) is 8.73. The van der Waals surface area contributed by atoms with E-state index in [9.17, 15) is 9.59 Å². The Balaban J connectivity index is 1.66. The quantitative estimate of drug-likeness (QED) is 0.432. The van der Waals surface area contributed by atoms with Gasteiger partial charge in [-0.1, -0.05) is 47.5 Å². The molecule has 1 aliphatic heterocycles. The van der Waals surface area contributed by atoms with Crippen molar-refractivity contribution in [1.29, 1.82) is 0 Å². The van der Waals surface area contributed by atoms with Gasteiger partial charge in [0.15, 0.2) is 0 Å². The number of rotatable bonds is 2. The molecule has 3 atom stereocenters. The van der Waals surface area contributed by atoms with Gasteiger partial charge in [-0.25, -0.2) is 0 Å². The van der Waals surface area contributed by atoms with E-state index in [4.69, 9.17) is 28.2 Å². The van der Waals surface area contributed by atoms with Crippen molar-refractivity contribution in [2.24, 2.45) is 10.9 Å². The lowest BCUT2D eigenvalue weighted by molar-refractivity contribution is -0.123. The van der Waals surface area contributed by atoms with E-state index in [-0.39, 0.29) is 17.6 Å². The number of aromatic nitrogens is 1. The molecule has 1 aliphatic carbocycles. The molecule has 3 aromatic rings. The van der Waals surface area contributed by atoms with Crippen LogP contribution in [0.2, 0.25) is 10.0 Å². The van der Waals surface area contributed by atoms with Crippen LogP contribution in [-0.2, 0) is 9.59 Å². The van der Waals surface area contributed by atoms with E-state index in [1.165, 1.54) is 6.92 Å². The lowest BCUT2D eigenvalue weighted by Crippen LogP contribution is -2.45. The van der Waals surface area contributed by atoms with E-state index >= 15 is 0 Å². The maximum Gasteiger partial charge on any atom is 0.224 e. The van der Waals surface area contributed by atoms with Gasteiger partial charge in [0.1, 0.15) is 5.78 Å². The van der Waals surface area contributed by atoms with Crippen molar-refractivity contribution < 1.29 is 9.59 Å². The zero-order valence-corrected chi connectivity index (χ0v) is 19.4. The number of benzene rings is 2. The van der Waals surface area contributed by atoms with E-state index in [0.717, 1.165) is 16.8 Å². The van der Waals surface area contributed by atoms with Gasteiger partial charge in [0, 0.05) is 31.4 Å². The summed E-state index contributed by atoms with van der Waals surface area (Å²) in [7, 11) is 0. The summed E-state index contributed by atoms with van der Waals surface area (Å²) < 4.78 is 0. The number of amides is 1. The zero-order chi connectivity index (χ0) is 23.1. The van der Waals surface area contributed by atoms with E-state index in [1.54, 1.807) is 23.4 Å². The number of anilines is 1. The molecule has 1 fully saturated rings. The van der Waals surface area contributed by atoms with Gasteiger partial charge < -0.3 is 4.90 Å². The molecule has 5 rings (SSSR count). The van der Waals surface area contributed by atoms with Crippen LogP contribution in [0.25, 0.3) is 0 Å². The normalized spacial score (nSPS) is 22.2. The van der Waals surface area contributed by atoms with Crippen LogP contribution >= 0.6 is 23.2 Å². The number of ketones is 1. The summed E-state index contributed by atoms with van der Waals surface area (Å²) in [5, 5.41) is 0.947. The molecule has 0 radical (unpaired) electrons. The summed E-state index contributed by atoms with van der Waals surface area (Å²) in [5.41, 5.74) is 3.91. The maximum absolute atomic E-state index is 13.7. The predicted octanol–water partition coefficient (Wildman–Crippen LogP) is 6.33. The lowest BCUT2D eigenvalue weighted by Gasteiger charge is -2.38.